The van der Waals surface area contributed by atoms with Crippen molar-refractivity contribution in [3.63, 3.8) is 0 Å². The Morgan fingerprint density at radius 2 is 1.76 bits per heavy atom. The average molecular weight is 356 g/mol. The van der Waals surface area contributed by atoms with E-state index in [1.54, 1.807) is 31.1 Å². The molecule has 0 spiro atoms. The van der Waals surface area contributed by atoms with Crippen molar-refractivity contribution in [2.75, 3.05) is 19.4 Å². The van der Waals surface area contributed by atoms with Crippen molar-refractivity contribution < 1.29 is 4.79 Å². The van der Waals surface area contributed by atoms with Crippen molar-refractivity contribution in [2.45, 2.75) is 26.3 Å². The minimum Gasteiger partial charge on any atom is -0.356 e. The second kappa shape index (κ2) is 8.62. The van der Waals surface area contributed by atoms with Crippen molar-refractivity contribution in [2.24, 2.45) is 0 Å². The van der Waals surface area contributed by atoms with E-state index in [4.69, 9.17) is 12.2 Å². The van der Waals surface area contributed by atoms with Gasteiger partial charge in [0.1, 0.15) is 0 Å². The van der Waals surface area contributed by atoms with Crippen molar-refractivity contribution in [3.8, 4) is 0 Å². The molecule has 2 N–H and O–H groups in total. The fourth-order valence-corrected chi connectivity index (χ4v) is 2.92. The van der Waals surface area contributed by atoms with E-state index in [1.807, 2.05) is 24.3 Å². The number of amides is 1. The molecule has 0 heterocycles. The van der Waals surface area contributed by atoms with Gasteiger partial charge in [-0.3, -0.25) is 4.79 Å². The molecular weight excluding hydrogens is 330 g/mol. The monoisotopic (exact) mass is 355 g/mol. The van der Waals surface area contributed by atoms with Crippen LogP contribution in [0.25, 0.3) is 0 Å². The van der Waals surface area contributed by atoms with Gasteiger partial charge in [-0.1, -0.05) is 31.2 Å². The molecule has 0 aliphatic rings. The van der Waals surface area contributed by atoms with Gasteiger partial charge in [0, 0.05) is 25.3 Å². The zero-order chi connectivity index (χ0) is 18.4. The van der Waals surface area contributed by atoms with Gasteiger partial charge in [0.25, 0.3) is 5.91 Å². The Morgan fingerprint density at radius 1 is 1.12 bits per heavy atom. The second-order valence-corrected chi connectivity index (χ2v) is 6.60. The van der Waals surface area contributed by atoms with E-state index < -0.39 is 0 Å². The fourth-order valence-electron chi connectivity index (χ4n) is 2.66. The molecule has 0 aliphatic carbocycles. The van der Waals surface area contributed by atoms with Gasteiger partial charge < -0.3 is 15.5 Å². The molecule has 2 aromatic carbocycles. The standard InChI is InChI=1S/C20H25N3OS/c1-5-18(17-9-7-6-8-14(17)2)22-20(25)21-16-12-10-15(11-13-16)19(24)23(3)4/h6-13,18H,5H2,1-4H3,(H2,21,22,25)/t18-/m1/s1. The number of carbonyl (C=O) groups is 1. The number of nitrogens with zero attached hydrogens (tertiary/aromatic N) is 1. The lowest BCUT2D eigenvalue weighted by molar-refractivity contribution is 0.0827. The number of benzene rings is 2. The molecule has 25 heavy (non-hydrogen) atoms. The first-order valence-electron chi connectivity index (χ1n) is 8.37. The highest BCUT2D eigenvalue weighted by Gasteiger charge is 2.13. The number of thiocarbonyl (C=S) groups is 1. The number of rotatable bonds is 5. The highest BCUT2D eigenvalue weighted by Crippen LogP contribution is 2.20. The molecule has 0 bridgehead atoms. The zero-order valence-corrected chi connectivity index (χ0v) is 16.0. The molecule has 0 radical (unpaired) electrons. The average Bonchev–Trinajstić information content (AvgIpc) is 2.60. The van der Waals surface area contributed by atoms with Crippen LogP contribution in [-0.4, -0.2) is 30.0 Å². The maximum absolute atomic E-state index is 11.9. The van der Waals surface area contributed by atoms with Crippen LogP contribution in [0.1, 0.15) is 40.9 Å². The van der Waals surface area contributed by atoms with Crippen LogP contribution in [0.3, 0.4) is 0 Å². The van der Waals surface area contributed by atoms with Crippen LogP contribution in [0.15, 0.2) is 48.5 Å². The number of hydrogen-bond donors (Lipinski definition) is 2. The first-order valence-corrected chi connectivity index (χ1v) is 8.78. The normalized spacial score (nSPS) is 11.5. The Kier molecular flexibility index (Phi) is 6.53. The quantitative estimate of drug-likeness (QED) is 0.792. The number of aryl methyl sites for hydroxylation is 1. The largest absolute Gasteiger partial charge is 0.356 e. The molecule has 0 saturated carbocycles. The van der Waals surface area contributed by atoms with Gasteiger partial charge in [-0.05, 0) is 61.0 Å². The van der Waals surface area contributed by atoms with E-state index in [2.05, 4.69) is 36.6 Å². The van der Waals surface area contributed by atoms with Crippen LogP contribution in [0.4, 0.5) is 5.69 Å². The van der Waals surface area contributed by atoms with Gasteiger partial charge in [0.15, 0.2) is 5.11 Å². The van der Waals surface area contributed by atoms with Gasteiger partial charge in [-0.2, -0.15) is 0 Å². The lowest BCUT2D eigenvalue weighted by Crippen LogP contribution is -2.32. The molecule has 0 unspecified atom stereocenters. The number of hydrogen-bond acceptors (Lipinski definition) is 2. The van der Waals surface area contributed by atoms with Gasteiger partial charge in [-0.25, -0.2) is 0 Å². The molecular formula is C20H25N3OS. The predicted octanol–water partition coefficient (Wildman–Crippen LogP) is 4.13. The summed E-state index contributed by atoms with van der Waals surface area (Å²) in [6.45, 7) is 4.24. The zero-order valence-electron chi connectivity index (χ0n) is 15.2. The SMILES string of the molecule is CC[C@@H](NC(=S)Nc1ccc(C(=O)N(C)C)cc1)c1ccccc1C. The number of anilines is 1. The van der Waals surface area contributed by atoms with E-state index in [9.17, 15) is 4.79 Å². The van der Waals surface area contributed by atoms with E-state index in [-0.39, 0.29) is 11.9 Å². The maximum Gasteiger partial charge on any atom is 0.253 e. The smallest absolute Gasteiger partial charge is 0.253 e. The molecule has 1 atom stereocenters. The third-order valence-electron chi connectivity index (χ3n) is 4.07. The first-order chi connectivity index (χ1) is 11.9. The van der Waals surface area contributed by atoms with Crippen LogP contribution in [-0.2, 0) is 0 Å². The third kappa shape index (κ3) is 5.03. The Hall–Kier alpha value is -2.40. The fraction of sp³-hybridized carbons (Fsp3) is 0.300. The van der Waals surface area contributed by atoms with Crippen LogP contribution in [0.2, 0.25) is 0 Å². The summed E-state index contributed by atoms with van der Waals surface area (Å²) < 4.78 is 0. The summed E-state index contributed by atoms with van der Waals surface area (Å²) in [6.07, 6.45) is 0.933. The van der Waals surface area contributed by atoms with E-state index >= 15 is 0 Å². The molecule has 1 amide bonds. The predicted molar refractivity (Wildman–Crippen MR) is 108 cm³/mol. The lowest BCUT2D eigenvalue weighted by Gasteiger charge is -2.21. The molecule has 4 nitrogen and oxygen atoms in total. The summed E-state index contributed by atoms with van der Waals surface area (Å²) in [6, 6.07) is 15.8. The lowest BCUT2D eigenvalue weighted by atomic mass is 10.00. The first kappa shape index (κ1) is 18.9. The van der Waals surface area contributed by atoms with Crippen LogP contribution < -0.4 is 10.6 Å². The topological polar surface area (TPSA) is 44.4 Å². The summed E-state index contributed by atoms with van der Waals surface area (Å²) in [5.41, 5.74) is 4.01. The van der Waals surface area contributed by atoms with Gasteiger partial charge >= 0.3 is 0 Å². The molecule has 5 heteroatoms. The molecule has 0 aliphatic heterocycles. The van der Waals surface area contributed by atoms with Crippen LogP contribution in [0.5, 0.6) is 0 Å². The van der Waals surface area contributed by atoms with Crippen molar-refractivity contribution in [1.29, 1.82) is 0 Å². The summed E-state index contributed by atoms with van der Waals surface area (Å²) in [7, 11) is 3.48. The van der Waals surface area contributed by atoms with Crippen molar-refractivity contribution >= 4 is 28.9 Å². The van der Waals surface area contributed by atoms with Crippen molar-refractivity contribution in [3.05, 3.63) is 65.2 Å². The molecule has 0 saturated heterocycles. The Bertz CT molecular complexity index is 741. The van der Waals surface area contributed by atoms with Gasteiger partial charge in [-0.15, -0.1) is 0 Å². The highest BCUT2D eigenvalue weighted by atomic mass is 32.1. The van der Waals surface area contributed by atoms with Crippen LogP contribution in [0, 0.1) is 6.92 Å². The molecule has 0 aromatic heterocycles. The summed E-state index contributed by atoms with van der Waals surface area (Å²) >= 11 is 5.45. The Balaban J connectivity index is 2.02. The minimum absolute atomic E-state index is 0.0159. The number of carbonyl (C=O) groups excluding carboxylic acids is 1. The summed E-state index contributed by atoms with van der Waals surface area (Å²) in [5.74, 6) is -0.0159. The molecule has 2 rings (SSSR count). The maximum atomic E-state index is 11.9. The van der Waals surface area contributed by atoms with Gasteiger partial charge in [0.05, 0.1) is 6.04 Å². The van der Waals surface area contributed by atoms with E-state index in [1.165, 1.54) is 11.1 Å². The minimum atomic E-state index is -0.0159. The Morgan fingerprint density at radius 3 is 2.32 bits per heavy atom. The molecule has 132 valence electrons. The number of nitrogens with one attached hydrogen (secondary N) is 2. The Labute approximate surface area is 155 Å². The molecule has 2 aromatic rings. The third-order valence-corrected chi connectivity index (χ3v) is 4.29. The van der Waals surface area contributed by atoms with Crippen molar-refractivity contribution in [1.82, 2.24) is 10.2 Å². The second-order valence-electron chi connectivity index (χ2n) is 6.19. The van der Waals surface area contributed by atoms with Gasteiger partial charge in [0.2, 0.25) is 0 Å². The molecule has 0 fully saturated rings. The van der Waals surface area contributed by atoms with Crippen LogP contribution >= 0.6 is 12.2 Å². The summed E-state index contributed by atoms with van der Waals surface area (Å²) in [5, 5.41) is 7.13. The van der Waals surface area contributed by atoms with E-state index in [0.717, 1.165) is 12.1 Å². The van der Waals surface area contributed by atoms with E-state index in [0.29, 0.717) is 10.7 Å². The highest BCUT2D eigenvalue weighted by molar-refractivity contribution is 7.80. The summed E-state index contributed by atoms with van der Waals surface area (Å²) in [4.78, 5) is 13.5.